The summed E-state index contributed by atoms with van der Waals surface area (Å²) < 4.78 is 12.4. The van der Waals surface area contributed by atoms with E-state index in [4.69, 9.17) is 9.47 Å². The van der Waals surface area contributed by atoms with Crippen molar-refractivity contribution in [2.24, 2.45) is 7.05 Å². The number of methoxy groups -OCH3 is 2. The second-order valence-electron chi connectivity index (χ2n) is 6.04. The molecule has 128 valence electrons. The fraction of sp³-hybridized carbons (Fsp3) is 0.444. The van der Waals surface area contributed by atoms with Crippen LogP contribution in [0.25, 0.3) is 0 Å². The molecule has 6 nitrogen and oxygen atoms in total. The molecule has 0 spiro atoms. The molecular weight excluding hydrogens is 306 g/mol. The number of amides is 1. The van der Waals surface area contributed by atoms with Crippen LogP contribution in [0.5, 0.6) is 11.5 Å². The lowest BCUT2D eigenvalue weighted by molar-refractivity contribution is 0.0734. The van der Waals surface area contributed by atoms with Crippen molar-refractivity contribution in [2.45, 2.75) is 25.8 Å². The van der Waals surface area contributed by atoms with E-state index in [-0.39, 0.29) is 11.9 Å². The number of likely N-dealkylation sites (tertiary alicyclic amines) is 1. The predicted octanol–water partition coefficient (Wildman–Crippen LogP) is 2.72. The molecule has 1 amide bonds. The van der Waals surface area contributed by atoms with E-state index in [2.05, 4.69) is 5.10 Å². The van der Waals surface area contributed by atoms with E-state index in [1.807, 2.05) is 37.1 Å². The minimum Gasteiger partial charge on any atom is -0.493 e. The van der Waals surface area contributed by atoms with Crippen molar-refractivity contribution in [1.82, 2.24) is 14.7 Å². The van der Waals surface area contributed by atoms with Gasteiger partial charge in [0, 0.05) is 19.3 Å². The Bertz CT molecular complexity index is 754. The number of aromatic nitrogens is 2. The van der Waals surface area contributed by atoms with Gasteiger partial charge in [0.2, 0.25) is 0 Å². The summed E-state index contributed by atoms with van der Waals surface area (Å²) in [6, 6.07) is 5.92. The van der Waals surface area contributed by atoms with Crippen molar-refractivity contribution in [2.75, 3.05) is 20.8 Å². The van der Waals surface area contributed by atoms with Crippen LogP contribution in [-0.4, -0.2) is 41.4 Å². The molecule has 2 heterocycles. The lowest BCUT2D eigenvalue weighted by Crippen LogP contribution is -2.30. The highest BCUT2D eigenvalue weighted by atomic mass is 16.5. The first-order valence-electron chi connectivity index (χ1n) is 8.08. The van der Waals surface area contributed by atoms with E-state index in [1.54, 1.807) is 25.1 Å². The van der Waals surface area contributed by atoms with E-state index in [0.29, 0.717) is 17.1 Å². The Morgan fingerprint density at radius 1 is 1.25 bits per heavy atom. The molecule has 1 aromatic heterocycles. The van der Waals surface area contributed by atoms with Gasteiger partial charge < -0.3 is 14.4 Å². The number of hydrogen-bond donors (Lipinski definition) is 0. The first kappa shape index (κ1) is 16.4. The molecule has 0 saturated carbocycles. The van der Waals surface area contributed by atoms with Crippen molar-refractivity contribution < 1.29 is 14.3 Å². The third-order valence-electron chi connectivity index (χ3n) is 4.77. The normalized spacial score (nSPS) is 17.2. The topological polar surface area (TPSA) is 56.6 Å². The smallest absolute Gasteiger partial charge is 0.257 e. The van der Waals surface area contributed by atoms with Gasteiger partial charge in [-0.15, -0.1) is 0 Å². The average Bonchev–Trinajstić information content (AvgIpc) is 3.21. The number of carbonyl (C=O) groups is 1. The van der Waals surface area contributed by atoms with Crippen LogP contribution in [0.4, 0.5) is 0 Å². The number of aryl methyl sites for hydroxylation is 1. The third-order valence-corrected chi connectivity index (χ3v) is 4.77. The van der Waals surface area contributed by atoms with Crippen LogP contribution in [0, 0.1) is 6.92 Å². The van der Waals surface area contributed by atoms with Gasteiger partial charge in [0.1, 0.15) is 0 Å². The zero-order chi connectivity index (χ0) is 17.3. The molecule has 1 atom stereocenters. The third kappa shape index (κ3) is 2.72. The summed E-state index contributed by atoms with van der Waals surface area (Å²) in [5, 5.41) is 4.19. The number of rotatable bonds is 4. The van der Waals surface area contributed by atoms with Crippen LogP contribution >= 0.6 is 0 Å². The molecule has 6 heteroatoms. The molecule has 1 aliphatic heterocycles. The molecule has 2 aromatic rings. The highest BCUT2D eigenvalue weighted by Crippen LogP contribution is 2.37. The molecule has 1 aromatic carbocycles. The molecule has 24 heavy (non-hydrogen) atoms. The monoisotopic (exact) mass is 329 g/mol. The first-order chi connectivity index (χ1) is 11.6. The zero-order valence-corrected chi connectivity index (χ0v) is 14.6. The van der Waals surface area contributed by atoms with Gasteiger partial charge >= 0.3 is 0 Å². The van der Waals surface area contributed by atoms with Crippen LogP contribution in [0.3, 0.4) is 0 Å². The molecule has 0 N–H and O–H groups in total. The molecule has 0 radical (unpaired) electrons. The molecule has 1 fully saturated rings. The van der Waals surface area contributed by atoms with Crippen molar-refractivity contribution in [3.05, 3.63) is 41.2 Å². The Balaban J connectivity index is 1.91. The molecule has 1 unspecified atom stereocenters. The van der Waals surface area contributed by atoms with Gasteiger partial charge in [-0.3, -0.25) is 9.48 Å². The van der Waals surface area contributed by atoms with Crippen LogP contribution < -0.4 is 9.47 Å². The predicted molar refractivity (Wildman–Crippen MR) is 90.5 cm³/mol. The minimum absolute atomic E-state index is 0.0397. The lowest BCUT2D eigenvalue weighted by Gasteiger charge is -2.25. The standard InChI is InChI=1S/C18H23N3O3/c1-12-14(11-19-20(12)2)18(22)21-9-5-6-15(21)13-7-8-16(23-3)17(10-13)24-4/h7-8,10-11,15H,5-6,9H2,1-4H3. The van der Waals surface area contributed by atoms with E-state index in [1.165, 1.54) is 0 Å². The Kier molecular flexibility index (Phi) is 4.46. The Morgan fingerprint density at radius 2 is 2.00 bits per heavy atom. The summed E-state index contributed by atoms with van der Waals surface area (Å²) in [5.41, 5.74) is 2.63. The number of nitrogens with zero attached hydrogens (tertiary/aromatic N) is 3. The number of hydrogen-bond acceptors (Lipinski definition) is 4. The van der Waals surface area contributed by atoms with E-state index < -0.39 is 0 Å². The summed E-state index contributed by atoms with van der Waals surface area (Å²) in [4.78, 5) is 14.9. The van der Waals surface area contributed by atoms with Gasteiger partial charge in [0.15, 0.2) is 11.5 Å². The van der Waals surface area contributed by atoms with Gasteiger partial charge in [0.25, 0.3) is 5.91 Å². The fourth-order valence-electron chi connectivity index (χ4n) is 3.28. The summed E-state index contributed by atoms with van der Waals surface area (Å²) >= 11 is 0. The molecule has 0 bridgehead atoms. The zero-order valence-electron chi connectivity index (χ0n) is 14.6. The van der Waals surface area contributed by atoms with Crippen molar-refractivity contribution in [1.29, 1.82) is 0 Å². The Labute approximate surface area is 142 Å². The maximum absolute atomic E-state index is 13.0. The van der Waals surface area contributed by atoms with Gasteiger partial charge in [-0.1, -0.05) is 6.07 Å². The highest BCUT2D eigenvalue weighted by Gasteiger charge is 2.32. The quantitative estimate of drug-likeness (QED) is 0.865. The van der Waals surface area contributed by atoms with Crippen LogP contribution in [0.2, 0.25) is 0 Å². The Morgan fingerprint density at radius 3 is 2.62 bits per heavy atom. The first-order valence-corrected chi connectivity index (χ1v) is 8.08. The van der Waals surface area contributed by atoms with Crippen molar-refractivity contribution in [3.8, 4) is 11.5 Å². The highest BCUT2D eigenvalue weighted by molar-refractivity contribution is 5.95. The van der Waals surface area contributed by atoms with E-state index in [9.17, 15) is 4.79 Å². The molecule has 0 aliphatic carbocycles. The van der Waals surface area contributed by atoms with E-state index >= 15 is 0 Å². The Hall–Kier alpha value is -2.50. The fourth-order valence-corrected chi connectivity index (χ4v) is 3.28. The number of benzene rings is 1. The molecule has 1 saturated heterocycles. The second kappa shape index (κ2) is 6.55. The van der Waals surface area contributed by atoms with Gasteiger partial charge in [-0.2, -0.15) is 5.10 Å². The maximum Gasteiger partial charge on any atom is 0.257 e. The summed E-state index contributed by atoms with van der Waals surface area (Å²) in [6.07, 6.45) is 3.59. The number of ether oxygens (including phenoxy) is 2. The summed E-state index contributed by atoms with van der Waals surface area (Å²) in [6.45, 7) is 2.67. The van der Waals surface area contributed by atoms with Crippen LogP contribution in [-0.2, 0) is 7.05 Å². The lowest BCUT2D eigenvalue weighted by atomic mass is 10.0. The van der Waals surface area contributed by atoms with Crippen molar-refractivity contribution >= 4 is 5.91 Å². The minimum atomic E-state index is 0.0397. The molecule has 3 rings (SSSR count). The van der Waals surface area contributed by atoms with Gasteiger partial charge in [0.05, 0.1) is 32.0 Å². The molecular formula is C18H23N3O3. The number of carbonyl (C=O) groups excluding carboxylic acids is 1. The van der Waals surface area contributed by atoms with Crippen LogP contribution in [0.1, 0.15) is 40.5 Å². The van der Waals surface area contributed by atoms with E-state index in [0.717, 1.165) is 30.6 Å². The largest absolute Gasteiger partial charge is 0.493 e. The van der Waals surface area contributed by atoms with Crippen LogP contribution in [0.15, 0.2) is 24.4 Å². The summed E-state index contributed by atoms with van der Waals surface area (Å²) in [7, 11) is 5.09. The van der Waals surface area contributed by atoms with Crippen molar-refractivity contribution in [3.63, 3.8) is 0 Å². The second-order valence-corrected chi connectivity index (χ2v) is 6.04. The summed E-state index contributed by atoms with van der Waals surface area (Å²) in [5.74, 6) is 1.42. The van der Waals surface area contributed by atoms with Gasteiger partial charge in [-0.05, 0) is 37.5 Å². The maximum atomic E-state index is 13.0. The SMILES string of the molecule is COc1ccc(C2CCCN2C(=O)c2cnn(C)c2C)cc1OC. The molecule has 1 aliphatic rings. The average molecular weight is 329 g/mol. The van der Waals surface area contributed by atoms with Gasteiger partial charge in [-0.25, -0.2) is 0 Å².